The molecule has 0 radical (unpaired) electrons. The van der Waals surface area contributed by atoms with Crippen molar-refractivity contribution in [1.29, 1.82) is 0 Å². The first kappa shape index (κ1) is 15.1. The van der Waals surface area contributed by atoms with Crippen LogP contribution >= 0.6 is 0 Å². The molecule has 0 amide bonds. The van der Waals surface area contributed by atoms with E-state index >= 15 is 0 Å². The molecule has 106 valence electrons. The van der Waals surface area contributed by atoms with Crippen molar-refractivity contribution in [2.45, 2.75) is 6.92 Å². The summed E-state index contributed by atoms with van der Waals surface area (Å²) in [5, 5.41) is 11.5. The third-order valence-electron chi connectivity index (χ3n) is 2.70. The number of nitrogens with two attached hydrogens (primary N) is 1. The van der Waals surface area contributed by atoms with Crippen molar-refractivity contribution in [1.82, 2.24) is 4.90 Å². The fourth-order valence-electron chi connectivity index (χ4n) is 1.57. The molecule has 0 aliphatic heterocycles. The van der Waals surface area contributed by atoms with E-state index in [0.717, 1.165) is 18.0 Å². The highest BCUT2D eigenvalue weighted by Crippen LogP contribution is 2.16. The minimum absolute atomic E-state index is 0.200. The van der Waals surface area contributed by atoms with Gasteiger partial charge in [0, 0.05) is 6.54 Å². The highest BCUT2D eigenvalue weighted by atomic mass is 16.5. The van der Waals surface area contributed by atoms with Crippen molar-refractivity contribution in [3.8, 4) is 11.5 Å². The molecular weight excluding hydrogens is 246 g/mol. The van der Waals surface area contributed by atoms with Crippen LogP contribution in [0, 0.1) is 0 Å². The first-order valence-electron chi connectivity index (χ1n) is 6.15. The Morgan fingerprint density at radius 2 is 1.95 bits per heavy atom. The molecule has 0 aliphatic rings. The van der Waals surface area contributed by atoms with Crippen LogP contribution in [0.25, 0.3) is 0 Å². The Morgan fingerprint density at radius 1 is 1.32 bits per heavy atom. The van der Waals surface area contributed by atoms with Gasteiger partial charge in [-0.05, 0) is 30.8 Å². The van der Waals surface area contributed by atoms with Crippen molar-refractivity contribution < 1.29 is 14.7 Å². The molecular formula is C13H21N3O3. The monoisotopic (exact) mass is 267 g/mol. The lowest BCUT2D eigenvalue weighted by Gasteiger charge is -2.19. The Morgan fingerprint density at radius 3 is 2.47 bits per heavy atom. The predicted molar refractivity (Wildman–Crippen MR) is 74.0 cm³/mol. The predicted octanol–water partition coefficient (Wildman–Crippen LogP) is 1.14. The third kappa shape index (κ3) is 5.48. The Bertz CT molecular complexity index is 393. The molecule has 19 heavy (non-hydrogen) atoms. The fourth-order valence-corrected chi connectivity index (χ4v) is 1.57. The second-order valence-electron chi connectivity index (χ2n) is 3.98. The van der Waals surface area contributed by atoms with E-state index in [1.165, 1.54) is 0 Å². The van der Waals surface area contributed by atoms with Crippen molar-refractivity contribution in [3.63, 3.8) is 0 Å². The smallest absolute Gasteiger partial charge is 0.153 e. The van der Waals surface area contributed by atoms with Crippen molar-refractivity contribution >= 4 is 5.84 Å². The summed E-state index contributed by atoms with van der Waals surface area (Å²) in [5.74, 6) is 1.79. The van der Waals surface area contributed by atoms with Crippen LogP contribution in [-0.2, 0) is 0 Å². The largest absolute Gasteiger partial charge is 0.497 e. The number of ether oxygens (including phenoxy) is 2. The minimum atomic E-state index is 0.200. The van der Waals surface area contributed by atoms with Crippen LogP contribution in [0.3, 0.4) is 0 Å². The average molecular weight is 267 g/mol. The first-order valence-corrected chi connectivity index (χ1v) is 6.15. The van der Waals surface area contributed by atoms with Gasteiger partial charge in [-0.2, -0.15) is 0 Å². The molecule has 0 atom stereocenters. The molecule has 0 saturated carbocycles. The number of rotatable bonds is 8. The van der Waals surface area contributed by atoms with E-state index in [9.17, 15) is 0 Å². The van der Waals surface area contributed by atoms with Crippen molar-refractivity contribution in [2.24, 2.45) is 10.9 Å². The van der Waals surface area contributed by atoms with E-state index in [1.54, 1.807) is 7.11 Å². The van der Waals surface area contributed by atoms with Gasteiger partial charge < -0.3 is 20.4 Å². The van der Waals surface area contributed by atoms with Gasteiger partial charge in [0.1, 0.15) is 18.1 Å². The van der Waals surface area contributed by atoms with Gasteiger partial charge in [-0.3, -0.25) is 4.90 Å². The van der Waals surface area contributed by atoms with Crippen LogP contribution in [0.15, 0.2) is 29.4 Å². The van der Waals surface area contributed by atoms with Crippen LogP contribution in [0.4, 0.5) is 0 Å². The third-order valence-corrected chi connectivity index (χ3v) is 2.70. The molecule has 1 aromatic rings. The van der Waals surface area contributed by atoms with Crippen LogP contribution in [0.1, 0.15) is 6.92 Å². The van der Waals surface area contributed by atoms with Gasteiger partial charge in [-0.1, -0.05) is 12.1 Å². The quantitative estimate of drug-likeness (QED) is 0.319. The molecule has 0 aliphatic carbocycles. The summed E-state index contributed by atoms with van der Waals surface area (Å²) >= 11 is 0. The van der Waals surface area contributed by atoms with E-state index in [4.69, 9.17) is 20.4 Å². The number of likely N-dealkylation sites (N-methyl/N-ethyl adjacent to an activating group) is 1. The fraction of sp³-hybridized carbons (Fsp3) is 0.462. The zero-order valence-corrected chi connectivity index (χ0v) is 11.4. The number of nitrogens with zero attached hydrogens (tertiary/aromatic N) is 2. The maximum Gasteiger partial charge on any atom is 0.153 e. The maximum absolute atomic E-state index is 8.53. The zero-order valence-electron chi connectivity index (χ0n) is 11.4. The summed E-state index contributed by atoms with van der Waals surface area (Å²) in [6.45, 7) is 4.50. The van der Waals surface area contributed by atoms with Gasteiger partial charge in [0.05, 0.1) is 13.7 Å². The normalized spacial score (nSPS) is 11.6. The van der Waals surface area contributed by atoms with Crippen molar-refractivity contribution in [2.75, 3.05) is 33.4 Å². The van der Waals surface area contributed by atoms with Crippen LogP contribution in [-0.4, -0.2) is 49.3 Å². The van der Waals surface area contributed by atoms with E-state index < -0.39 is 0 Å². The molecule has 1 rings (SSSR count). The first-order chi connectivity index (χ1) is 9.19. The van der Waals surface area contributed by atoms with Crippen molar-refractivity contribution in [3.05, 3.63) is 24.3 Å². The molecule has 0 aromatic heterocycles. The molecule has 0 spiro atoms. The maximum atomic E-state index is 8.53. The van der Waals surface area contributed by atoms with E-state index in [0.29, 0.717) is 19.7 Å². The Labute approximate surface area is 113 Å². The number of oxime groups is 1. The summed E-state index contributed by atoms with van der Waals surface area (Å²) < 4.78 is 10.7. The number of hydrogen-bond donors (Lipinski definition) is 2. The summed E-state index contributed by atoms with van der Waals surface area (Å²) in [4.78, 5) is 2.03. The second-order valence-corrected chi connectivity index (χ2v) is 3.98. The molecule has 0 saturated heterocycles. The summed E-state index contributed by atoms with van der Waals surface area (Å²) in [5.41, 5.74) is 5.47. The molecule has 0 unspecified atom stereocenters. The standard InChI is InChI=1S/C13H21N3O3/c1-3-16(10-13(14)15-17)8-9-19-12-6-4-11(18-2)5-7-12/h4-7,17H,3,8-10H2,1-2H3,(H2,14,15). The molecule has 3 N–H and O–H groups in total. The molecule has 0 heterocycles. The van der Waals surface area contributed by atoms with Crippen LogP contribution in [0.5, 0.6) is 11.5 Å². The molecule has 0 fully saturated rings. The van der Waals surface area contributed by atoms with E-state index in [1.807, 2.05) is 36.1 Å². The summed E-state index contributed by atoms with van der Waals surface area (Å²) in [7, 11) is 1.63. The van der Waals surface area contributed by atoms with Gasteiger partial charge in [0.2, 0.25) is 0 Å². The lowest BCUT2D eigenvalue weighted by molar-refractivity contribution is 0.230. The summed E-state index contributed by atoms with van der Waals surface area (Å²) in [6, 6.07) is 7.42. The number of amidine groups is 1. The second kappa shape index (κ2) is 8.20. The van der Waals surface area contributed by atoms with Gasteiger partial charge in [0.25, 0.3) is 0 Å². The molecule has 6 nitrogen and oxygen atoms in total. The SMILES string of the molecule is CCN(CCOc1ccc(OC)cc1)CC(N)=NO. The number of benzene rings is 1. The number of methoxy groups -OCH3 is 1. The lowest BCUT2D eigenvalue weighted by Crippen LogP contribution is -2.36. The Hall–Kier alpha value is -1.95. The van der Waals surface area contributed by atoms with Crippen LogP contribution in [0.2, 0.25) is 0 Å². The number of hydrogen-bond acceptors (Lipinski definition) is 5. The summed E-state index contributed by atoms with van der Waals surface area (Å²) in [6.07, 6.45) is 0. The van der Waals surface area contributed by atoms with E-state index in [2.05, 4.69) is 5.16 Å². The van der Waals surface area contributed by atoms with Crippen LogP contribution < -0.4 is 15.2 Å². The molecule has 0 bridgehead atoms. The topological polar surface area (TPSA) is 80.3 Å². The Kier molecular flexibility index (Phi) is 6.52. The lowest BCUT2D eigenvalue weighted by atomic mass is 10.3. The average Bonchev–Trinajstić information content (AvgIpc) is 2.46. The van der Waals surface area contributed by atoms with Gasteiger partial charge in [0.15, 0.2) is 5.84 Å². The molecule has 6 heteroatoms. The highest BCUT2D eigenvalue weighted by Gasteiger charge is 2.05. The minimum Gasteiger partial charge on any atom is -0.497 e. The van der Waals surface area contributed by atoms with E-state index in [-0.39, 0.29) is 5.84 Å². The zero-order chi connectivity index (χ0) is 14.1. The van der Waals surface area contributed by atoms with Gasteiger partial charge in [-0.15, -0.1) is 0 Å². The molecule has 1 aromatic carbocycles. The Balaban J connectivity index is 2.35. The van der Waals surface area contributed by atoms with Gasteiger partial charge in [-0.25, -0.2) is 0 Å². The van der Waals surface area contributed by atoms with Gasteiger partial charge >= 0.3 is 0 Å². The highest BCUT2D eigenvalue weighted by molar-refractivity contribution is 5.81.